The van der Waals surface area contributed by atoms with E-state index in [-0.39, 0.29) is 25.0 Å². The van der Waals surface area contributed by atoms with Gasteiger partial charge in [0.1, 0.15) is 11.5 Å². The summed E-state index contributed by atoms with van der Waals surface area (Å²) in [6.45, 7) is 8.78. The van der Waals surface area contributed by atoms with Crippen LogP contribution in [0.4, 0.5) is 0 Å². The summed E-state index contributed by atoms with van der Waals surface area (Å²) in [6, 6.07) is 7.31. The minimum atomic E-state index is -0.149. The van der Waals surface area contributed by atoms with Crippen LogP contribution in [0.3, 0.4) is 0 Å². The molecule has 2 amide bonds. The van der Waals surface area contributed by atoms with Crippen LogP contribution in [0.1, 0.15) is 47.9 Å². The van der Waals surface area contributed by atoms with Crippen LogP contribution >= 0.6 is 23.2 Å². The van der Waals surface area contributed by atoms with Gasteiger partial charge in [0.15, 0.2) is 13.2 Å². The molecule has 0 radical (unpaired) electrons. The number of rotatable bonds is 13. The van der Waals surface area contributed by atoms with Gasteiger partial charge in [-0.25, -0.2) is 0 Å². The first-order valence-corrected chi connectivity index (χ1v) is 12.3. The average Bonchev–Trinajstić information content (AvgIpc) is 2.79. The fourth-order valence-corrected chi connectivity index (χ4v) is 3.66. The van der Waals surface area contributed by atoms with Crippen LogP contribution in [0, 0.1) is 27.7 Å². The summed E-state index contributed by atoms with van der Waals surface area (Å²) in [5.41, 5.74) is 3.69. The third-order valence-electron chi connectivity index (χ3n) is 5.31. The van der Waals surface area contributed by atoms with Crippen LogP contribution in [0.25, 0.3) is 0 Å². The zero-order chi connectivity index (χ0) is 25.1. The first kappa shape index (κ1) is 27.8. The van der Waals surface area contributed by atoms with Gasteiger partial charge in [-0.05, 0) is 87.1 Å². The summed E-state index contributed by atoms with van der Waals surface area (Å²) < 4.78 is 11.1. The van der Waals surface area contributed by atoms with E-state index in [1.54, 1.807) is 0 Å². The predicted molar refractivity (Wildman–Crippen MR) is 137 cm³/mol. The number of hydrogen-bond donors (Lipinski definition) is 2. The standard InChI is InChI=1S/C26H34Cl2N2O4/c1-17-11-21(12-18(2)25(17)27)33-15-23(31)29-9-7-5-6-8-10-30-24(32)16-34-22-13-19(3)26(28)20(4)14-22/h11-14H,5-10,15-16H2,1-4H3,(H,29,31)(H,30,32). The number of nitrogens with one attached hydrogen (secondary N) is 2. The number of benzene rings is 2. The number of aryl methyl sites for hydroxylation is 4. The molecule has 0 atom stereocenters. The fourth-order valence-electron chi connectivity index (χ4n) is 3.44. The Hall–Kier alpha value is -2.44. The van der Waals surface area contributed by atoms with Gasteiger partial charge in [0, 0.05) is 23.1 Å². The van der Waals surface area contributed by atoms with E-state index in [2.05, 4.69) is 10.6 Å². The lowest BCUT2D eigenvalue weighted by molar-refractivity contribution is -0.123. The minimum Gasteiger partial charge on any atom is -0.484 e. The second-order valence-corrected chi connectivity index (χ2v) is 9.19. The number of carbonyl (C=O) groups excluding carboxylic acids is 2. The Labute approximate surface area is 212 Å². The largest absolute Gasteiger partial charge is 0.484 e. The molecule has 2 rings (SSSR count). The normalized spacial score (nSPS) is 10.6. The molecule has 186 valence electrons. The predicted octanol–water partition coefficient (Wildman–Crippen LogP) is 5.48. The third kappa shape index (κ3) is 9.43. The zero-order valence-corrected chi connectivity index (χ0v) is 21.9. The van der Waals surface area contributed by atoms with Crippen molar-refractivity contribution in [3.8, 4) is 11.5 Å². The van der Waals surface area contributed by atoms with Crippen molar-refractivity contribution < 1.29 is 19.1 Å². The first-order valence-electron chi connectivity index (χ1n) is 11.5. The Kier molecular flexibility index (Phi) is 11.5. The SMILES string of the molecule is Cc1cc(OCC(=O)NCCCCCCNC(=O)COc2cc(C)c(Cl)c(C)c2)cc(C)c1Cl. The monoisotopic (exact) mass is 508 g/mol. The van der Waals surface area contributed by atoms with Gasteiger partial charge in [-0.1, -0.05) is 36.0 Å². The van der Waals surface area contributed by atoms with Crippen molar-refractivity contribution in [1.29, 1.82) is 0 Å². The highest BCUT2D eigenvalue weighted by Crippen LogP contribution is 2.26. The number of carbonyl (C=O) groups is 2. The Morgan fingerprint density at radius 2 is 0.971 bits per heavy atom. The summed E-state index contributed by atoms with van der Waals surface area (Å²) in [7, 11) is 0. The average molecular weight is 509 g/mol. The smallest absolute Gasteiger partial charge is 0.257 e. The van der Waals surface area contributed by atoms with Crippen molar-refractivity contribution in [2.24, 2.45) is 0 Å². The van der Waals surface area contributed by atoms with Gasteiger partial charge < -0.3 is 20.1 Å². The van der Waals surface area contributed by atoms with Gasteiger partial charge in [-0.15, -0.1) is 0 Å². The van der Waals surface area contributed by atoms with E-state index in [0.717, 1.165) is 47.9 Å². The molecule has 0 saturated heterocycles. The van der Waals surface area contributed by atoms with Crippen LogP contribution in [-0.2, 0) is 9.59 Å². The molecular formula is C26H34Cl2N2O4. The topological polar surface area (TPSA) is 76.7 Å². The second kappa shape index (κ2) is 14.1. The van der Waals surface area contributed by atoms with Crippen LogP contribution in [0.15, 0.2) is 24.3 Å². The molecule has 0 heterocycles. The molecule has 0 aliphatic heterocycles. The number of ether oxygens (including phenoxy) is 2. The van der Waals surface area contributed by atoms with Crippen molar-refractivity contribution in [3.05, 3.63) is 56.6 Å². The number of unbranched alkanes of at least 4 members (excludes halogenated alkanes) is 3. The zero-order valence-electron chi connectivity index (χ0n) is 20.4. The molecule has 0 aliphatic carbocycles. The van der Waals surface area contributed by atoms with Gasteiger partial charge in [0.2, 0.25) is 0 Å². The molecule has 2 aromatic rings. The molecule has 0 aromatic heterocycles. The van der Waals surface area contributed by atoms with E-state index < -0.39 is 0 Å². The summed E-state index contributed by atoms with van der Waals surface area (Å²) in [5, 5.41) is 7.15. The summed E-state index contributed by atoms with van der Waals surface area (Å²) in [4.78, 5) is 23.9. The van der Waals surface area contributed by atoms with Gasteiger partial charge in [-0.3, -0.25) is 9.59 Å². The first-order chi connectivity index (χ1) is 16.2. The summed E-state index contributed by atoms with van der Waals surface area (Å²) in [5.74, 6) is 0.980. The molecular weight excluding hydrogens is 475 g/mol. The Balaban J connectivity index is 1.49. The van der Waals surface area contributed by atoms with E-state index in [1.165, 1.54) is 0 Å². The third-order valence-corrected chi connectivity index (χ3v) is 6.50. The van der Waals surface area contributed by atoms with Crippen molar-refractivity contribution in [2.45, 2.75) is 53.4 Å². The highest BCUT2D eigenvalue weighted by atomic mass is 35.5. The van der Waals surface area contributed by atoms with Gasteiger partial charge >= 0.3 is 0 Å². The molecule has 0 fully saturated rings. The van der Waals surface area contributed by atoms with E-state index in [1.807, 2.05) is 52.0 Å². The van der Waals surface area contributed by atoms with E-state index in [4.69, 9.17) is 32.7 Å². The summed E-state index contributed by atoms with van der Waals surface area (Å²) >= 11 is 12.3. The maximum Gasteiger partial charge on any atom is 0.257 e. The number of hydrogen-bond acceptors (Lipinski definition) is 4. The molecule has 2 N–H and O–H groups in total. The van der Waals surface area contributed by atoms with Gasteiger partial charge in [-0.2, -0.15) is 0 Å². The van der Waals surface area contributed by atoms with Crippen LogP contribution in [-0.4, -0.2) is 38.1 Å². The van der Waals surface area contributed by atoms with Crippen LogP contribution in [0.5, 0.6) is 11.5 Å². The number of amides is 2. The van der Waals surface area contributed by atoms with Crippen molar-refractivity contribution in [3.63, 3.8) is 0 Å². The van der Waals surface area contributed by atoms with Gasteiger partial charge in [0.25, 0.3) is 11.8 Å². The van der Waals surface area contributed by atoms with Crippen molar-refractivity contribution in [2.75, 3.05) is 26.3 Å². The minimum absolute atomic E-state index is 0.0240. The molecule has 8 heteroatoms. The quantitative estimate of drug-likeness (QED) is 0.351. The maximum absolute atomic E-state index is 12.0. The van der Waals surface area contributed by atoms with Crippen molar-refractivity contribution >= 4 is 35.0 Å². The van der Waals surface area contributed by atoms with Gasteiger partial charge in [0.05, 0.1) is 0 Å². The number of halogens is 2. The maximum atomic E-state index is 12.0. The van der Waals surface area contributed by atoms with Crippen LogP contribution in [0.2, 0.25) is 10.0 Å². The highest BCUT2D eigenvalue weighted by molar-refractivity contribution is 6.32. The molecule has 0 unspecified atom stereocenters. The lowest BCUT2D eigenvalue weighted by Gasteiger charge is -2.11. The molecule has 6 nitrogen and oxygen atoms in total. The Morgan fingerprint density at radius 3 is 1.29 bits per heavy atom. The fraction of sp³-hybridized carbons (Fsp3) is 0.462. The highest BCUT2D eigenvalue weighted by Gasteiger charge is 2.08. The Morgan fingerprint density at radius 1 is 0.647 bits per heavy atom. The van der Waals surface area contributed by atoms with Crippen LogP contribution < -0.4 is 20.1 Å². The molecule has 0 aliphatic rings. The molecule has 0 spiro atoms. The van der Waals surface area contributed by atoms with E-state index in [0.29, 0.717) is 34.6 Å². The summed E-state index contributed by atoms with van der Waals surface area (Å²) in [6.07, 6.45) is 3.67. The lowest BCUT2D eigenvalue weighted by Crippen LogP contribution is -2.30. The molecule has 34 heavy (non-hydrogen) atoms. The molecule has 0 bridgehead atoms. The Bertz CT molecular complexity index is 869. The van der Waals surface area contributed by atoms with E-state index in [9.17, 15) is 9.59 Å². The van der Waals surface area contributed by atoms with E-state index >= 15 is 0 Å². The molecule has 2 aromatic carbocycles. The second-order valence-electron chi connectivity index (χ2n) is 8.43. The lowest BCUT2D eigenvalue weighted by atomic mass is 10.1. The molecule has 0 saturated carbocycles. The van der Waals surface area contributed by atoms with Crippen molar-refractivity contribution in [1.82, 2.24) is 10.6 Å².